The van der Waals surface area contributed by atoms with Gasteiger partial charge in [-0.2, -0.15) is 0 Å². The van der Waals surface area contributed by atoms with E-state index in [0.29, 0.717) is 16.2 Å². The number of aromatic nitrogens is 1. The van der Waals surface area contributed by atoms with Gasteiger partial charge in [0.2, 0.25) is 5.91 Å². The number of amides is 2. The molecule has 29 heavy (non-hydrogen) atoms. The molecule has 2 heterocycles. The molecule has 1 aromatic heterocycles. The Bertz CT molecular complexity index is 917. The number of benzene rings is 1. The van der Waals surface area contributed by atoms with Crippen molar-refractivity contribution in [1.82, 2.24) is 10.3 Å². The lowest BCUT2D eigenvalue weighted by Crippen LogP contribution is -2.53. The highest BCUT2D eigenvalue weighted by Crippen LogP contribution is 2.48. The molecule has 1 saturated carbocycles. The van der Waals surface area contributed by atoms with Gasteiger partial charge in [-0.05, 0) is 52.4 Å². The Labute approximate surface area is 178 Å². The van der Waals surface area contributed by atoms with Gasteiger partial charge in [0.05, 0.1) is 17.4 Å². The van der Waals surface area contributed by atoms with E-state index in [9.17, 15) is 9.59 Å². The molecule has 152 valence electrons. The van der Waals surface area contributed by atoms with Crippen molar-refractivity contribution in [2.45, 2.75) is 45.4 Å². The first-order valence-corrected chi connectivity index (χ1v) is 10.7. The van der Waals surface area contributed by atoms with Crippen molar-refractivity contribution in [3.8, 4) is 0 Å². The van der Waals surface area contributed by atoms with Crippen LogP contribution in [0.2, 0.25) is 0 Å². The molecule has 1 fully saturated rings. The molecule has 0 spiro atoms. The van der Waals surface area contributed by atoms with E-state index in [-0.39, 0.29) is 30.5 Å². The third-order valence-corrected chi connectivity index (χ3v) is 6.16. The number of nitrogens with one attached hydrogen (secondary N) is 1. The number of ether oxygens (including phenoxy) is 1. The smallest absolute Gasteiger partial charge is 0.408 e. The number of hydrogen-bond donors (Lipinski definition) is 1. The predicted molar refractivity (Wildman–Crippen MR) is 113 cm³/mol. The second-order valence-electron chi connectivity index (χ2n) is 7.80. The third-order valence-electron chi connectivity index (χ3n) is 5.72. The second-order valence-corrected chi connectivity index (χ2v) is 8.61. The molecular formula is C22H24BrN3O3. The molecule has 1 unspecified atom stereocenters. The average molecular weight is 458 g/mol. The minimum atomic E-state index is -0.482. The summed E-state index contributed by atoms with van der Waals surface area (Å²) in [7, 11) is 0. The summed E-state index contributed by atoms with van der Waals surface area (Å²) in [6.07, 6.45) is 1.72. The van der Waals surface area contributed by atoms with E-state index in [4.69, 9.17) is 4.74 Å². The zero-order valence-electron chi connectivity index (χ0n) is 16.5. The van der Waals surface area contributed by atoms with E-state index < -0.39 is 6.09 Å². The van der Waals surface area contributed by atoms with Gasteiger partial charge in [0.25, 0.3) is 0 Å². The van der Waals surface area contributed by atoms with Crippen molar-refractivity contribution in [2.24, 2.45) is 11.8 Å². The van der Waals surface area contributed by atoms with Crippen molar-refractivity contribution >= 4 is 33.6 Å². The monoisotopic (exact) mass is 457 g/mol. The Hall–Kier alpha value is -2.41. The van der Waals surface area contributed by atoms with Crippen LogP contribution in [0, 0.1) is 11.8 Å². The SMILES string of the molecule is CC(=O)N1c2ccc(Br)nc2[C@H](NC(=O)OCc2ccccc2)[C@@H](C)C1C1CC1. The summed E-state index contributed by atoms with van der Waals surface area (Å²) in [4.78, 5) is 31.6. The number of carbonyl (C=O) groups is 2. The summed E-state index contributed by atoms with van der Waals surface area (Å²) in [6, 6.07) is 13.0. The van der Waals surface area contributed by atoms with Gasteiger partial charge in [-0.25, -0.2) is 9.78 Å². The lowest BCUT2D eigenvalue weighted by Gasteiger charge is -2.44. The van der Waals surface area contributed by atoms with Gasteiger partial charge in [-0.1, -0.05) is 37.3 Å². The van der Waals surface area contributed by atoms with E-state index in [1.54, 1.807) is 6.92 Å². The summed E-state index contributed by atoms with van der Waals surface area (Å²) in [5.41, 5.74) is 2.39. The minimum absolute atomic E-state index is 0.00391. The number of anilines is 1. The molecule has 1 aliphatic carbocycles. The number of fused-ring (bicyclic) bond motifs is 1. The number of hydrogen-bond acceptors (Lipinski definition) is 4. The fraction of sp³-hybridized carbons (Fsp3) is 0.409. The molecule has 4 rings (SSSR count). The van der Waals surface area contributed by atoms with Crippen LogP contribution in [0.4, 0.5) is 10.5 Å². The topological polar surface area (TPSA) is 71.5 Å². The van der Waals surface area contributed by atoms with Crippen LogP contribution >= 0.6 is 15.9 Å². The molecule has 0 saturated heterocycles. The lowest BCUT2D eigenvalue weighted by molar-refractivity contribution is -0.117. The molecule has 1 aromatic carbocycles. The zero-order valence-corrected chi connectivity index (χ0v) is 18.1. The summed E-state index contributed by atoms with van der Waals surface area (Å²) >= 11 is 3.42. The minimum Gasteiger partial charge on any atom is -0.445 e. The summed E-state index contributed by atoms with van der Waals surface area (Å²) in [6.45, 7) is 3.88. The number of halogens is 1. The standard InChI is InChI=1S/C22H24BrN3O3/c1-13-19(25-22(28)29-12-15-6-4-3-5-7-15)20-17(10-11-18(23)24-20)26(14(2)27)21(13)16-8-9-16/h3-7,10-11,13,16,19,21H,8-9,12H2,1-2H3,(H,25,28)/t13-,19-,21?/m1/s1. The van der Waals surface area contributed by atoms with Crippen molar-refractivity contribution < 1.29 is 14.3 Å². The van der Waals surface area contributed by atoms with E-state index in [1.807, 2.05) is 47.4 Å². The van der Waals surface area contributed by atoms with Crippen molar-refractivity contribution in [2.75, 3.05) is 4.90 Å². The van der Waals surface area contributed by atoms with Gasteiger partial charge in [-0.3, -0.25) is 4.79 Å². The molecule has 2 amide bonds. The molecule has 3 atom stereocenters. The number of carbonyl (C=O) groups excluding carboxylic acids is 2. The maximum atomic E-state index is 12.6. The van der Waals surface area contributed by atoms with Gasteiger partial charge in [0, 0.05) is 18.9 Å². The largest absolute Gasteiger partial charge is 0.445 e. The molecule has 2 aliphatic rings. The summed E-state index contributed by atoms with van der Waals surface area (Å²) in [5.74, 6) is 0.476. The van der Waals surface area contributed by atoms with Crippen LogP contribution in [0.1, 0.15) is 44.0 Å². The molecule has 1 aliphatic heterocycles. The number of rotatable bonds is 4. The zero-order chi connectivity index (χ0) is 20.5. The second kappa shape index (κ2) is 8.14. The number of nitrogens with zero attached hydrogens (tertiary/aromatic N) is 2. The Balaban J connectivity index is 1.59. The van der Waals surface area contributed by atoms with Gasteiger partial charge in [0.15, 0.2) is 0 Å². The Morgan fingerprint density at radius 2 is 1.93 bits per heavy atom. The van der Waals surface area contributed by atoms with Crippen LogP contribution in [0.15, 0.2) is 47.1 Å². The van der Waals surface area contributed by atoms with Crippen LogP contribution in [-0.4, -0.2) is 23.0 Å². The fourth-order valence-corrected chi connectivity index (χ4v) is 4.59. The first-order valence-electron chi connectivity index (χ1n) is 9.89. The predicted octanol–water partition coefficient (Wildman–Crippen LogP) is 4.59. The van der Waals surface area contributed by atoms with Crippen molar-refractivity contribution in [3.63, 3.8) is 0 Å². The van der Waals surface area contributed by atoms with E-state index in [0.717, 1.165) is 24.1 Å². The molecule has 7 heteroatoms. The van der Waals surface area contributed by atoms with Crippen molar-refractivity contribution in [1.29, 1.82) is 0 Å². The van der Waals surface area contributed by atoms with E-state index in [2.05, 4.69) is 33.2 Å². The van der Waals surface area contributed by atoms with E-state index >= 15 is 0 Å². The lowest BCUT2D eigenvalue weighted by atomic mass is 9.82. The quantitative estimate of drug-likeness (QED) is 0.681. The molecule has 0 bridgehead atoms. The van der Waals surface area contributed by atoms with E-state index in [1.165, 1.54) is 0 Å². The highest BCUT2D eigenvalue weighted by molar-refractivity contribution is 9.10. The van der Waals surface area contributed by atoms with Crippen LogP contribution in [0.3, 0.4) is 0 Å². The van der Waals surface area contributed by atoms with Gasteiger partial charge in [0.1, 0.15) is 11.2 Å². The average Bonchev–Trinajstić information content (AvgIpc) is 3.53. The van der Waals surface area contributed by atoms with Gasteiger partial charge < -0.3 is 15.0 Å². The Morgan fingerprint density at radius 1 is 1.21 bits per heavy atom. The molecule has 0 radical (unpaired) electrons. The first kappa shape index (κ1) is 19.9. The maximum absolute atomic E-state index is 12.6. The maximum Gasteiger partial charge on any atom is 0.408 e. The van der Waals surface area contributed by atoms with Gasteiger partial charge in [-0.15, -0.1) is 0 Å². The van der Waals surface area contributed by atoms with Crippen molar-refractivity contribution in [3.05, 3.63) is 58.3 Å². The van der Waals surface area contributed by atoms with Gasteiger partial charge >= 0.3 is 6.09 Å². The highest BCUT2D eigenvalue weighted by Gasteiger charge is 2.48. The number of pyridine rings is 1. The fourth-order valence-electron chi connectivity index (χ4n) is 4.27. The van der Waals surface area contributed by atoms with Crippen LogP contribution in [0.25, 0.3) is 0 Å². The Kier molecular flexibility index (Phi) is 5.58. The molecule has 6 nitrogen and oxygen atoms in total. The highest BCUT2D eigenvalue weighted by atomic mass is 79.9. The van der Waals surface area contributed by atoms with Crippen LogP contribution in [-0.2, 0) is 16.1 Å². The third kappa shape index (κ3) is 4.15. The molecule has 2 aromatic rings. The first-order chi connectivity index (χ1) is 14.0. The summed E-state index contributed by atoms with van der Waals surface area (Å²) in [5, 5.41) is 3.01. The van der Waals surface area contributed by atoms with Crippen LogP contribution in [0.5, 0.6) is 0 Å². The number of alkyl carbamates (subject to hydrolysis) is 1. The molecule has 1 N–H and O–H groups in total. The summed E-state index contributed by atoms with van der Waals surface area (Å²) < 4.78 is 6.11. The van der Waals surface area contributed by atoms with Crippen LogP contribution < -0.4 is 10.2 Å². The molecular weight excluding hydrogens is 434 g/mol. The Morgan fingerprint density at radius 3 is 2.59 bits per heavy atom. The normalized spacial score (nSPS) is 23.3.